The van der Waals surface area contributed by atoms with Gasteiger partial charge >= 0.3 is 6.03 Å². The maximum absolute atomic E-state index is 11.9. The predicted octanol–water partition coefficient (Wildman–Crippen LogP) is 3.16. The maximum atomic E-state index is 11.9. The van der Waals surface area contributed by atoms with Gasteiger partial charge in [-0.3, -0.25) is 4.79 Å². The van der Waals surface area contributed by atoms with Crippen molar-refractivity contribution in [1.82, 2.24) is 9.88 Å². The summed E-state index contributed by atoms with van der Waals surface area (Å²) in [5.74, 6) is 0.772. The van der Waals surface area contributed by atoms with E-state index in [0.717, 1.165) is 24.2 Å². The summed E-state index contributed by atoms with van der Waals surface area (Å²) in [4.78, 5) is 23.5. The first kappa shape index (κ1) is 18.6. The van der Waals surface area contributed by atoms with E-state index in [-0.39, 0.29) is 11.6 Å². The summed E-state index contributed by atoms with van der Waals surface area (Å²) in [5, 5.41) is 5.62. The number of hydrogen-bond acceptors (Lipinski definition) is 3. The molecule has 2 aromatic rings. The fourth-order valence-electron chi connectivity index (χ4n) is 2.42. The number of amides is 2. The Labute approximate surface area is 147 Å². The molecule has 0 aliphatic rings. The molecule has 0 aliphatic carbocycles. The molecule has 1 heterocycles. The van der Waals surface area contributed by atoms with E-state index in [1.54, 1.807) is 22.9 Å². The molecule has 134 valence electrons. The summed E-state index contributed by atoms with van der Waals surface area (Å²) >= 11 is 0. The molecule has 2 rings (SSSR count). The average molecular weight is 343 g/mol. The number of unbranched alkanes of at least 4 members (excludes halogenated alkanes) is 1. The molecule has 1 aromatic carbocycles. The van der Waals surface area contributed by atoms with Crippen molar-refractivity contribution in [3.63, 3.8) is 0 Å². The van der Waals surface area contributed by atoms with Crippen LogP contribution in [0.3, 0.4) is 0 Å². The molecule has 2 amide bonds. The minimum Gasteiger partial charge on any atom is -0.494 e. The van der Waals surface area contributed by atoms with E-state index >= 15 is 0 Å². The van der Waals surface area contributed by atoms with Crippen LogP contribution < -0.4 is 20.9 Å². The number of rotatable bonds is 8. The lowest BCUT2D eigenvalue weighted by atomic mass is 10.2. The number of aryl methyl sites for hydroxylation is 2. The normalized spacial score (nSPS) is 10.3. The summed E-state index contributed by atoms with van der Waals surface area (Å²) in [5.41, 5.74) is 1.73. The highest BCUT2D eigenvalue weighted by atomic mass is 16.5. The second-order valence-corrected chi connectivity index (χ2v) is 5.73. The number of carbonyl (C=O) groups excluding carboxylic acids is 1. The van der Waals surface area contributed by atoms with Gasteiger partial charge in [-0.05, 0) is 44.4 Å². The molecule has 0 unspecified atom stereocenters. The number of nitrogens with one attached hydrogen (secondary N) is 2. The highest BCUT2D eigenvalue weighted by Gasteiger charge is 2.05. The number of nitrogens with zero attached hydrogens (tertiary/aromatic N) is 1. The molecule has 0 spiro atoms. The molecule has 6 nitrogen and oxygen atoms in total. The van der Waals surface area contributed by atoms with E-state index < -0.39 is 0 Å². The second-order valence-electron chi connectivity index (χ2n) is 5.73. The molecule has 0 radical (unpaired) electrons. The third-order valence-electron chi connectivity index (χ3n) is 3.76. The van der Waals surface area contributed by atoms with Gasteiger partial charge in [-0.25, -0.2) is 4.79 Å². The van der Waals surface area contributed by atoms with Gasteiger partial charge in [0.05, 0.1) is 6.61 Å². The van der Waals surface area contributed by atoms with Crippen LogP contribution in [-0.4, -0.2) is 23.7 Å². The summed E-state index contributed by atoms with van der Waals surface area (Å²) < 4.78 is 7.19. The van der Waals surface area contributed by atoms with Gasteiger partial charge in [0.25, 0.3) is 0 Å². The third-order valence-corrected chi connectivity index (χ3v) is 3.76. The van der Waals surface area contributed by atoms with Gasteiger partial charge in [-0.1, -0.05) is 12.1 Å². The smallest absolute Gasteiger partial charge is 0.319 e. The monoisotopic (exact) mass is 343 g/mol. The van der Waals surface area contributed by atoms with Crippen molar-refractivity contribution in [2.75, 3.05) is 18.5 Å². The Kier molecular flexibility index (Phi) is 7.07. The Morgan fingerprint density at radius 3 is 2.80 bits per heavy atom. The van der Waals surface area contributed by atoms with Crippen LogP contribution in [0.2, 0.25) is 0 Å². The minimum atomic E-state index is -0.247. The van der Waals surface area contributed by atoms with E-state index in [1.165, 1.54) is 0 Å². The minimum absolute atomic E-state index is 0.00215. The van der Waals surface area contributed by atoms with Crippen LogP contribution in [0.15, 0.2) is 47.4 Å². The maximum Gasteiger partial charge on any atom is 0.319 e. The molecule has 0 saturated heterocycles. The Hall–Kier alpha value is -2.76. The molecule has 25 heavy (non-hydrogen) atoms. The summed E-state index contributed by atoms with van der Waals surface area (Å²) in [6, 6.07) is 10.4. The summed E-state index contributed by atoms with van der Waals surface area (Å²) in [7, 11) is 0. The van der Waals surface area contributed by atoms with Crippen molar-refractivity contribution >= 4 is 11.7 Å². The van der Waals surface area contributed by atoms with Gasteiger partial charge in [0.15, 0.2) is 0 Å². The van der Waals surface area contributed by atoms with E-state index in [4.69, 9.17) is 4.74 Å². The van der Waals surface area contributed by atoms with Crippen LogP contribution in [0.5, 0.6) is 5.75 Å². The van der Waals surface area contributed by atoms with Crippen molar-refractivity contribution in [2.24, 2.45) is 0 Å². The second kappa shape index (κ2) is 9.52. The highest BCUT2D eigenvalue weighted by Crippen LogP contribution is 2.22. The topological polar surface area (TPSA) is 72.4 Å². The zero-order valence-corrected chi connectivity index (χ0v) is 14.7. The lowest BCUT2D eigenvalue weighted by Crippen LogP contribution is -2.29. The van der Waals surface area contributed by atoms with Gasteiger partial charge in [-0.2, -0.15) is 0 Å². The van der Waals surface area contributed by atoms with Crippen molar-refractivity contribution < 1.29 is 9.53 Å². The van der Waals surface area contributed by atoms with Crippen LogP contribution in [-0.2, 0) is 6.54 Å². The van der Waals surface area contributed by atoms with Gasteiger partial charge in [-0.15, -0.1) is 0 Å². The molecule has 1 aromatic heterocycles. The first-order valence-corrected chi connectivity index (χ1v) is 8.54. The SMILES string of the molecule is CCOc1cc(NC(=O)NCCCCn2ccccc2=O)ccc1C. The average Bonchev–Trinajstić information content (AvgIpc) is 2.59. The number of hydrogen-bond donors (Lipinski definition) is 2. The van der Waals surface area contributed by atoms with Gasteiger partial charge in [0.2, 0.25) is 5.56 Å². The van der Waals surface area contributed by atoms with Crippen molar-refractivity contribution in [2.45, 2.75) is 33.2 Å². The van der Waals surface area contributed by atoms with Crippen LogP contribution in [0, 0.1) is 6.92 Å². The van der Waals surface area contributed by atoms with E-state index in [0.29, 0.717) is 25.4 Å². The Balaban J connectivity index is 1.71. The highest BCUT2D eigenvalue weighted by molar-refractivity contribution is 5.89. The van der Waals surface area contributed by atoms with E-state index in [2.05, 4.69) is 10.6 Å². The van der Waals surface area contributed by atoms with Crippen molar-refractivity contribution in [1.29, 1.82) is 0 Å². The van der Waals surface area contributed by atoms with Gasteiger partial charge < -0.3 is 19.9 Å². The summed E-state index contributed by atoms with van der Waals surface area (Å²) in [6.07, 6.45) is 3.39. The third kappa shape index (κ3) is 5.99. The first-order valence-electron chi connectivity index (χ1n) is 8.54. The number of benzene rings is 1. The number of ether oxygens (including phenoxy) is 1. The molecule has 0 atom stereocenters. The molecule has 0 fully saturated rings. The lowest BCUT2D eigenvalue weighted by molar-refractivity contribution is 0.252. The molecule has 0 aliphatic heterocycles. The van der Waals surface area contributed by atoms with E-state index in [1.807, 2.05) is 38.1 Å². The number of carbonyl (C=O) groups is 1. The molecular weight excluding hydrogens is 318 g/mol. The van der Waals surface area contributed by atoms with Crippen molar-refractivity contribution in [3.8, 4) is 5.75 Å². The number of aromatic nitrogens is 1. The number of pyridine rings is 1. The van der Waals surface area contributed by atoms with Crippen LogP contribution in [0.1, 0.15) is 25.3 Å². The van der Waals surface area contributed by atoms with E-state index in [9.17, 15) is 9.59 Å². The standard InChI is InChI=1S/C19H25N3O3/c1-3-25-17-14-16(10-9-15(17)2)21-19(24)20-11-5-7-13-22-12-6-4-8-18(22)23/h4,6,8-10,12,14H,3,5,7,11,13H2,1-2H3,(H2,20,21,24). The molecule has 0 bridgehead atoms. The first-order chi connectivity index (χ1) is 12.1. The largest absolute Gasteiger partial charge is 0.494 e. The number of urea groups is 1. The zero-order chi connectivity index (χ0) is 18.1. The Morgan fingerprint density at radius 1 is 1.20 bits per heavy atom. The molecular formula is C19H25N3O3. The number of anilines is 1. The Bertz CT molecular complexity index is 756. The van der Waals surface area contributed by atoms with Gasteiger partial charge in [0, 0.05) is 37.1 Å². The molecule has 2 N–H and O–H groups in total. The van der Waals surface area contributed by atoms with Crippen LogP contribution in [0.25, 0.3) is 0 Å². The van der Waals surface area contributed by atoms with Crippen LogP contribution in [0.4, 0.5) is 10.5 Å². The lowest BCUT2D eigenvalue weighted by Gasteiger charge is -2.11. The fourth-order valence-corrected chi connectivity index (χ4v) is 2.42. The fraction of sp³-hybridized carbons (Fsp3) is 0.368. The van der Waals surface area contributed by atoms with Crippen LogP contribution >= 0.6 is 0 Å². The molecule has 0 saturated carbocycles. The molecule has 6 heteroatoms. The van der Waals surface area contributed by atoms with Gasteiger partial charge in [0.1, 0.15) is 5.75 Å². The predicted molar refractivity (Wildman–Crippen MR) is 99.3 cm³/mol. The zero-order valence-electron chi connectivity index (χ0n) is 14.7. The van der Waals surface area contributed by atoms with Crippen molar-refractivity contribution in [3.05, 3.63) is 58.5 Å². The Morgan fingerprint density at radius 2 is 2.04 bits per heavy atom. The summed E-state index contributed by atoms with van der Waals surface area (Å²) in [6.45, 7) is 5.68. The quantitative estimate of drug-likeness (QED) is 0.723.